The number of hydrogen-bond donors (Lipinski definition) is 2. The monoisotopic (exact) mass is 348 g/mol. The van der Waals surface area contributed by atoms with Gasteiger partial charge in [0.2, 0.25) is 5.91 Å². The van der Waals surface area contributed by atoms with Gasteiger partial charge in [0.05, 0.1) is 18.4 Å². The van der Waals surface area contributed by atoms with Crippen molar-refractivity contribution in [1.82, 2.24) is 10.6 Å². The number of halogens is 1. The molecule has 2 aliphatic rings. The first-order valence-corrected chi connectivity index (χ1v) is 8.87. The van der Waals surface area contributed by atoms with E-state index in [1.807, 2.05) is 0 Å². The number of nitrogens with one attached hydrogen (secondary N) is 2. The molecule has 25 heavy (non-hydrogen) atoms. The fourth-order valence-corrected chi connectivity index (χ4v) is 3.78. The molecule has 0 atom stereocenters. The van der Waals surface area contributed by atoms with Crippen LogP contribution >= 0.6 is 0 Å². The maximum atomic E-state index is 14.0. The first-order chi connectivity index (χ1) is 12.0. The second-order valence-corrected chi connectivity index (χ2v) is 7.20. The van der Waals surface area contributed by atoms with Crippen molar-refractivity contribution in [3.63, 3.8) is 0 Å². The highest BCUT2D eigenvalue weighted by Gasteiger charge is 2.45. The van der Waals surface area contributed by atoms with Crippen molar-refractivity contribution in [2.45, 2.75) is 38.1 Å². The second-order valence-electron chi connectivity index (χ2n) is 7.20. The lowest BCUT2D eigenvalue weighted by Gasteiger charge is -2.42. The van der Waals surface area contributed by atoms with Crippen LogP contribution in [0.15, 0.2) is 24.3 Å². The average Bonchev–Trinajstić information content (AvgIpc) is 2.59. The summed E-state index contributed by atoms with van der Waals surface area (Å²) in [5.74, 6) is -0.504. The van der Waals surface area contributed by atoms with E-state index >= 15 is 0 Å². The summed E-state index contributed by atoms with van der Waals surface area (Å²) in [6.07, 6.45) is 3.41. The van der Waals surface area contributed by atoms with Gasteiger partial charge in [0.25, 0.3) is 0 Å². The zero-order chi connectivity index (χ0) is 17.9. The van der Waals surface area contributed by atoms with Gasteiger partial charge in [-0.05, 0) is 43.7 Å². The molecule has 1 saturated carbocycles. The first-order valence-electron chi connectivity index (χ1n) is 8.87. The fourth-order valence-electron chi connectivity index (χ4n) is 3.78. The van der Waals surface area contributed by atoms with Crippen molar-refractivity contribution >= 4 is 11.9 Å². The van der Waals surface area contributed by atoms with Crippen LogP contribution < -0.4 is 10.6 Å². The summed E-state index contributed by atoms with van der Waals surface area (Å²) in [5, 5.41) is 6.27. The quantitative estimate of drug-likeness (QED) is 0.797. The van der Waals surface area contributed by atoms with E-state index in [9.17, 15) is 14.0 Å². The highest BCUT2D eigenvalue weighted by atomic mass is 19.1. The van der Waals surface area contributed by atoms with E-state index in [1.165, 1.54) is 13.2 Å². The average molecular weight is 348 g/mol. The number of carbonyl (C=O) groups is 2. The van der Waals surface area contributed by atoms with Gasteiger partial charge in [0.15, 0.2) is 0 Å². The van der Waals surface area contributed by atoms with Crippen molar-refractivity contribution in [3.8, 4) is 0 Å². The van der Waals surface area contributed by atoms with Gasteiger partial charge in [-0.15, -0.1) is 0 Å². The Bertz CT molecular complexity index is 637. The van der Waals surface area contributed by atoms with Crippen LogP contribution in [-0.2, 0) is 20.7 Å². The summed E-state index contributed by atoms with van der Waals surface area (Å²) < 4.78 is 18.8. The summed E-state index contributed by atoms with van der Waals surface area (Å²) in [4.78, 5) is 24.4. The minimum absolute atomic E-state index is 0.0176. The molecule has 2 fully saturated rings. The van der Waals surface area contributed by atoms with Gasteiger partial charge in [-0.3, -0.25) is 9.59 Å². The Morgan fingerprint density at radius 2 is 1.92 bits per heavy atom. The standard InChI is InChI=1S/C19H25FN2O3/c1-25-17(23)13-6-8-15(9-7-13)22-18(24)19(11-21-12-19)10-14-4-2-3-5-16(14)20/h2-5,13,15,21H,6-12H2,1H3,(H,22,24). The van der Waals surface area contributed by atoms with Crippen LogP contribution in [0.25, 0.3) is 0 Å². The third-order valence-electron chi connectivity index (χ3n) is 5.49. The minimum Gasteiger partial charge on any atom is -0.469 e. The van der Waals surface area contributed by atoms with Crippen LogP contribution in [-0.4, -0.2) is 38.1 Å². The molecular formula is C19H25FN2O3. The molecule has 0 aromatic heterocycles. The molecule has 2 N–H and O–H groups in total. The maximum absolute atomic E-state index is 14.0. The van der Waals surface area contributed by atoms with Crippen molar-refractivity contribution < 1.29 is 18.7 Å². The van der Waals surface area contributed by atoms with Crippen molar-refractivity contribution in [3.05, 3.63) is 35.6 Å². The largest absolute Gasteiger partial charge is 0.469 e. The number of methoxy groups -OCH3 is 1. The lowest BCUT2D eigenvalue weighted by atomic mass is 9.74. The van der Waals surface area contributed by atoms with Crippen molar-refractivity contribution in [2.75, 3.05) is 20.2 Å². The molecule has 1 saturated heterocycles. The van der Waals surface area contributed by atoms with Crippen molar-refractivity contribution in [1.29, 1.82) is 0 Å². The molecule has 1 heterocycles. The zero-order valence-electron chi connectivity index (χ0n) is 14.5. The Labute approximate surface area is 147 Å². The first kappa shape index (κ1) is 17.9. The molecule has 1 aromatic rings. The molecule has 1 aliphatic heterocycles. The van der Waals surface area contributed by atoms with Gasteiger partial charge in [-0.25, -0.2) is 4.39 Å². The molecule has 1 aromatic carbocycles. The molecular weight excluding hydrogens is 323 g/mol. The number of carbonyl (C=O) groups excluding carboxylic acids is 2. The van der Waals surface area contributed by atoms with E-state index < -0.39 is 5.41 Å². The molecule has 0 unspecified atom stereocenters. The number of rotatable bonds is 5. The van der Waals surface area contributed by atoms with Crippen LogP contribution in [0.4, 0.5) is 4.39 Å². The lowest BCUT2D eigenvalue weighted by molar-refractivity contribution is -0.146. The molecule has 1 aliphatic carbocycles. The number of esters is 1. The Kier molecular flexibility index (Phi) is 5.37. The molecule has 136 valence electrons. The molecule has 6 heteroatoms. The molecule has 0 bridgehead atoms. The summed E-state index contributed by atoms with van der Waals surface area (Å²) in [6, 6.07) is 6.70. The van der Waals surface area contributed by atoms with E-state index in [0.29, 0.717) is 25.1 Å². The Balaban J connectivity index is 1.58. The number of benzene rings is 1. The summed E-state index contributed by atoms with van der Waals surface area (Å²) in [5.41, 5.74) is -0.00459. The topological polar surface area (TPSA) is 67.4 Å². The third-order valence-corrected chi connectivity index (χ3v) is 5.49. The highest BCUT2D eigenvalue weighted by Crippen LogP contribution is 2.31. The van der Waals surface area contributed by atoms with E-state index in [2.05, 4.69) is 10.6 Å². The minimum atomic E-state index is -0.582. The number of hydrogen-bond acceptors (Lipinski definition) is 4. The SMILES string of the molecule is COC(=O)C1CCC(NC(=O)C2(Cc3ccccc3F)CNC2)CC1. The fraction of sp³-hybridized carbons (Fsp3) is 0.579. The Hall–Kier alpha value is -1.95. The van der Waals surface area contributed by atoms with Crippen LogP contribution in [0, 0.1) is 17.2 Å². The third kappa shape index (κ3) is 3.84. The zero-order valence-corrected chi connectivity index (χ0v) is 14.5. The summed E-state index contributed by atoms with van der Waals surface area (Å²) >= 11 is 0. The summed E-state index contributed by atoms with van der Waals surface area (Å²) in [7, 11) is 1.41. The number of ether oxygens (including phenoxy) is 1. The second kappa shape index (κ2) is 7.52. The van der Waals surface area contributed by atoms with Gasteiger partial charge in [-0.2, -0.15) is 0 Å². The van der Waals surface area contributed by atoms with Crippen LogP contribution in [0.3, 0.4) is 0 Å². The molecule has 1 amide bonds. The Morgan fingerprint density at radius 1 is 1.24 bits per heavy atom. The predicted molar refractivity (Wildman–Crippen MR) is 91.3 cm³/mol. The van der Waals surface area contributed by atoms with Gasteiger partial charge in [-0.1, -0.05) is 18.2 Å². The number of amides is 1. The van der Waals surface area contributed by atoms with Gasteiger partial charge in [0.1, 0.15) is 5.82 Å². The van der Waals surface area contributed by atoms with Crippen molar-refractivity contribution in [2.24, 2.45) is 11.3 Å². The van der Waals surface area contributed by atoms with Gasteiger partial charge < -0.3 is 15.4 Å². The molecule has 3 rings (SSSR count). The smallest absolute Gasteiger partial charge is 0.308 e. The van der Waals surface area contributed by atoms with E-state index in [4.69, 9.17) is 4.74 Å². The van der Waals surface area contributed by atoms with Gasteiger partial charge >= 0.3 is 5.97 Å². The summed E-state index contributed by atoms with van der Waals surface area (Å²) in [6.45, 7) is 1.12. The predicted octanol–water partition coefficient (Wildman–Crippen LogP) is 1.81. The van der Waals surface area contributed by atoms with Gasteiger partial charge in [0, 0.05) is 19.1 Å². The van der Waals surface area contributed by atoms with Crippen LogP contribution in [0.1, 0.15) is 31.2 Å². The van der Waals surface area contributed by atoms with Crippen LogP contribution in [0.5, 0.6) is 0 Å². The van der Waals surface area contributed by atoms with E-state index in [0.717, 1.165) is 25.7 Å². The normalized spacial score (nSPS) is 24.9. The maximum Gasteiger partial charge on any atom is 0.308 e. The lowest BCUT2D eigenvalue weighted by Crippen LogP contribution is -2.63. The molecule has 5 nitrogen and oxygen atoms in total. The Morgan fingerprint density at radius 3 is 2.48 bits per heavy atom. The van der Waals surface area contributed by atoms with E-state index in [1.54, 1.807) is 18.2 Å². The van der Waals surface area contributed by atoms with Crippen LogP contribution in [0.2, 0.25) is 0 Å². The molecule has 0 spiro atoms. The highest BCUT2D eigenvalue weighted by molar-refractivity contribution is 5.85. The molecule has 0 radical (unpaired) electrons. The van der Waals surface area contributed by atoms with E-state index in [-0.39, 0.29) is 29.7 Å².